The molecule has 0 unspecified atom stereocenters. The first kappa shape index (κ1) is 13.3. The van der Waals surface area contributed by atoms with E-state index in [9.17, 15) is 9.90 Å². The van der Waals surface area contributed by atoms with Crippen molar-refractivity contribution in [2.24, 2.45) is 0 Å². The summed E-state index contributed by atoms with van der Waals surface area (Å²) in [5.41, 5.74) is 0.0990. The molecule has 1 fully saturated rings. The monoisotopic (exact) mass is 285 g/mol. The lowest BCUT2D eigenvalue weighted by molar-refractivity contribution is 0.0737. The Kier molecular flexibility index (Phi) is 3.63. The summed E-state index contributed by atoms with van der Waals surface area (Å²) < 4.78 is 0. The van der Waals surface area contributed by atoms with Crippen molar-refractivity contribution in [1.29, 1.82) is 0 Å². The Balaban J connectivity index is 1.66. The van der Waals surface area contributed by atoms with Gasteiger partial charge >= 0.3 is 0 Å². The molecule has 0 aromatic carbocycles. The van der Waals surface area contributed by atoms with Crippen molar-refractivity contribution in [3.8, 4) is 5.75 Å². The molecule has 0 radical (unpaired) electrons. The van der Waals surface area contributed by atoms with E-state index < -0.39 is 0 Å². The third-order valence-corrected chi connectivity index (χ3v) is 3.39. The number of carbonyl (C=O) groups is 1. The van der Waals surface area contributed by atoms with Gasteiger partial charge in [0.05, 0.1) is 0 Å². The van der Waals surface area contributed by atoms with Crippen molar-refractivity contribution >= 4 is 11.9 Å². The molecule has 3 rings (SSSR count). The molecule has 1 N–H and O–H groups in total. The molecule has 21 heavy (non-hydrogen) atoms. The number of pyridine rings is 1. The van der Waals surface area contributed by atoms with E-state index in [2.05, 4.69) is 15.0 Å². The van der Waals surface area contributed by atoms with E-state index >= 15 is 0 Å². The van der Waals surface area contributed by atoms with Crippen molar-refractivity contribution < 1.29 is 9.90 Å². The van der Waals surface area contributed by atoms with Crippen molar-refractivity contribution in [2.75, 3.05) is 31.1 Å². The van der Waals surface area contributed by atoms with Gasteiger partial charge in [-0.2, -0.15) is 0 Å². The van der Waals surface area contributed by atoms with E-state index in [-0.39, 0.29) is 17.4 Å². The van der Waals surface area contributed by atoms with Gasteiger partial charge < -0.3 is 14.9 Å². The van der Waals surface area contributed by atoms with Gasteiger partial charge in [0.15, 0.2) is 5.69 Å². The molecule has 0 atom stereocenters. The maximum absolute atomic E-state index is 12.3. The fourth-order valence-corrected chi connectivity index (χ4v) is 2.28. The summed E-state index contributed by atoms with van der Waals surface area (Å²) in [6.07, 6.45) is 4.90. The minimum Gasteiger partial charge on any atom is -0.505 e. The molecule has 3 heterocycles. The number of hydrogen-bond acceptors (Lipinski definition) is 6. The number of carbonyl (C=O) groups excluding carboxylic acids is 1. The lowest BCUT2D eigenvalue weighted by Crippen LogP contribution is -2.49. The molecule has 0 spiro atoms. The Morgan fingerprint density at radius 3 is 2.33 bits per heavy atom. The van der Waals surface area contributed by atoms with E-state index in [0.717, 1.165) is 0 Å². The quantitative estimate of drug-likeness (QED) is 0.867. The molecule has 1 saturated heterocycles. The largest absolute Gasteiger partial charge is 0.505 e. The first-order valence-corrected chi connectivity index (χ1v) is 6.71. The molecule has 1 amide bonds. The summed E-state index contributed by atoms with van der Waals surface area (Å²) in [4.78, 5) is 28.4. The van der Waals surface area contributed by atoms with Crippen LogP contribution in [0.5, 0.6) is 5.75 Å². The number of piperazine rings is 1. The Morgan fingerprint density at radius 2 is 1.67 bits per heavy atom. The van der Waals surface area contributed by atoms with Gasteiger partial charge in [-0.25, -0.2) is 15.0 Å². The van der Waals surface area contributed by atoms with Gasteiger partial charge in [0.1, 0.15) is 5.75 Å². The van der Waals surface area contributed by atoms with Crippen molar-refractivity contribution in [3.05, 3.63) is 42.5 Å². The first-order valence-electron chi connectivity index (χ1n) is 6.71. The second-order valence-electron chi connectivity index (χ2n) is 4.70. The molecule has 108 valence electrons. The molecule has 1 aliphatic heterocycles. The Hall–Kier alpha value is -2.70. The van der Waals surface area contributed by atoms with Crippen LogP contribution in [0.1, 0.15) is 10.5 Å². The van der Waals surface area contributed by atoms with Gasteiger partial charge in [-0.1, -0.05) is 0 Å². The maximum atomic E-state index is 12.3. The molecule has 1 aliphatic rings. The lowest BCUT2D eigenvalue weighted by Gasteiger charge is -2.34. The summed E-state index contributed by atoms with van der Waals surface area (Å²) >= 11 is 0. The fraction of sp³-hybridized carbons (Fsp3) is 0.286. The van der Waals surface area contributed by atoms with Gasteiger partial charge in [-0.15, -0.1) is 0 Å². The van der Waals surface area contributed by atoms with Gasteiger partial charge in [0, 0.05) is 44.8 Å². The lowest BCUT2D eigenvalue weighted by atomic mass is 10.2. The van der Waals surface area contributed by atoms with Crippen LogP contribution in [0.25, 0.3) is 0 Å². The van der Waals surface area contributed by atoms with Crippen LogP contribution in [0.4, 0.5) is 5.95 Å². The SMILES string of the molecule is O=C(c1ncccc1O)N1CCN(c2ncccn2)CC1. The highest BCUT2D eigenvalue weighted by molar-refractivity contribution is 5.94. The third-order valence-electron chi connectivity index (χ3n) is 3.39. The number of amides is 1. The fourth-order valence-electron chi connectivity index (χ4n) is 2.28. The average molecular weight is 285 g/mol. The second kappa shape index (κ2) is 5.74. The highest BCUT2D eigenvalue weighted by atomic mass is 16.3. The zero-order chi connectivity index (χ0) is 14.7. The number of nitrogens with zero attached hydrogens (tertiary/aromatic N) is 5. The maximum Gasteiger partial charge on any atom is 0.276 e. The number of anilines is 1. The standard InChI is InChI=1S/C14H15N5O2/c20-11-3-1-4-15-12(11)13(21)18-7-9-19(10-8-18)14-16-5-2-6-17-14/h1-6,20H,7-10H2. The van der Waals surface area contributed by atoms with Gasteiger partial charge in [-0.05, 0) is 18.2 Å². The third kappa shape index (κ3) is 2.76. The van der Waals surface area contributed by atoms with Crippen molar-refractivity contribution in [2.45, 2.75) is 0 Å². The van der Waals surface area contributed by atoms with Crippen LogP contribution < -0.4 is 4.90 Å². The minimum absolute atomic E-state index is 0.0867. The normalized spacial score (nSPS) is 15.0. The Labute approximate surface area is 121 Å². The van der Waals surface area contributed by atoms with Crippen LogP contribution in [0.2, 0.25) is 0 Å². The zero-order valence-electron chi connectivity index (χ0n) is 11.4. The second-order valence-corrected chi connectivity index (χ2v) is 4.70. The van der Waals surface area contributed by atoms with Crippen LogP contribution in [-0.4, -0.2) is 57.0 Å². The van der Waals surface area contributed by atoms with Crippen LogP contribution in [-0.2, 0) is 0 Å². The minimum atomic E-state index is -0.248. The smallest absolute Gasteiger partial charge is 0.276 e. The van der Waals surface area contributed by atoms with Crippen LogP contribution >= 0.6 is 0 Å². The van der Waals surface area contributed by atoms with E-state index in [1.54, 1.807) is 29.4 Å². The van der Waals surface area contributed by atoms with Gasteiger partial charge in [0.25, 0.3) is 5.91 Å². The van der Waals surface area contributed by atoms with Gasteiger partial charge in [-0.3, -0.25) is 4.79 Å². The summed E-state index contributed by atoms with van der Waals surface area (Å²) in [7, 11) is 0. The van der Waals surface area contributed by atoms with E-state index in [4.69, 9.17) is 0 Å². The molecule has 0 saturated carbocycles. The van der Waals surface area contributed by atoms with Crippen LogP contribution in [0.3, 0.4) is 0 Å². The average Bonchev–Trinajstić information content (AvgIpc) is 2.56. The first-order chi connectivity index (χ1) is 10.3. The number of hydrogen-bond donors (Lipinski definition) is 1. The highest BCUT2D eigenvalue weighted by Gasteiger charge is 2.25. The predicted octanol–water partition coefficient (Wildman–Crippen LogP) is 0.540. The predicted molar refractivity (Wildman–Crippen MR) is 76.1 cm³/mol. The van der Waals surface area contributed by atoms with E-state index in [1.165, 1.54) is 12.3 Å². The van der Waals surface area contributed by atoms with Crippen molar-refractivity contribution in [1.82, 2.24) is 19.9 Å². The molecule has 7 nitrogen and oxygen atoms in total. The van der Waals surface area contributed by atoms with Gasteiger partial charge in [0.2, 0.25) is 5.95 Å². The zero-order valence-corrected chi connectivity index (χ0v) is 11.4. The van der Waals surface area contributed by atoms with E-state index in [0.29, 0.717) is 32.1 Å². The summed E-state index contributed by atoms with van der Waals surface area (Å²) in [5.74, 6) is 0.336. The van der Waals surface area contributed by atoms with Crippen molar-refractivity contribution in [3.63, 3.8) is 0 Å². The molecule has 7 heteroatoms. The van der Waals surface area contributed by atoms with Crippen LogP contribution in [0, 0.1) is 0 Å². The summed E-state index contributed by atoms with van der Waals surface area (Å²) in [5, 5.41) is 9.70. The molecule has 0 aliphatic carbocycles. The molecular formula is C14H15N5O2. The molecule has 2 aromatic heterocycles. The highest BCUT2D eigenvalue weighted by Crippen LogP contribution is 2.17. The summed E-state index contributed by atoms with van der Waals surface area (Å²) in [6.45, 7) is 2.41. The van der Waals surface area contributed by atoms with Crippen LogP contribution in [0.15, 0.2) is 36.8 Å². The molecular weight excluding hydrogens is 270 g/mol. The summed E-state index contributed by atoms with van der Waals surface area (Å²) in [6, 6.07) is 4.83. The topological polar surface area (TPSA) is 82.5 Å². The molecule has 0 bridgehead atoms. The molecule has 2 aromatic rings. The Morgan fingerprint density at radius 1 is 1.00 bits per heavy atom. The number of aromatic nitrogens is 3. The Bertz CT molecular complexity index is 626. The number of aromatic hydroxyl groups is 1. The van der Waals surface area contributed by atoms with E-state index in [1.807, 2.05) is 4.90 Å². The number of rotatable bonds is 2.